The largest absolute Gasteiger partial charge is 0.496 e. The third kappa shape index (κ3) is 2.28. The van der Waals surface area contributed by atoms with Crippen LogP contribution in [0.4, 0.5) is 5.69 Å². The second kappa shape index (κ2) is 5.06. The number of anilines is 1. The second-order valence-electron chi connectivity index (χ2n) is 4.14. The van der Waals surface area contributed by atoms with E-state index < -0.39 is 6.10 Å². The number of nitrogens with two attached hydrogens (primary N) is 1. The number of aryl methyl sites for hydroxylation is 1. The Morgan fingerprint density at radius 3 is 2.72 bits per heavy atom. The highest BCUT2D eigenvalue weighted by atomic mass is 16.5. The van der Waals surface area contributed by atoms with Gasteiger partial charge in [-0.25, -0.2) is 0 Å². The molecule has 2 aromatic rings. The summed E-state index contributed by atoms with van der Waals surface area (Å²) in [4.78, 5) is 3.98. The van der Waals surface area contributed by atoms with Crippen molar-refractivity contribution in [1.29, 1.82) is 0 Å². The zero-order chi connectivity index (χ0) is 13.1. The van der Waals surface area contributed by atoms with Crippen molar-refractivity contribution in [2.24, 2.45) is 0 Å². The first-order valence-electron chi connectivity index (χ1n) is 5.65. The van der Waals surface area contributed by atoms with Crippen LogP contribution >= 0.6 is 0 Å². The molecule has 0 saturated carbocycles. The highest BCUT2D eigenvalue weighted by Gasteiger charge is 2.14. The molecule has 0 bridgehead atoms. The van der Waals surface area contributed by atoms with Gasteiger partial charge in [-0.3, -0.25) is 4.98 Å². The molecule has 1 aromatic heterocycles. The average molecular weight is 244 g/mol. The van der Waals surface area contributed by atoms with Crippen LogP contribution in [0.3, 0.4) is 0 Å². The number of nitrogen functional groups attached to an aromatic ring is 1. The quantitative estimate of drug-likeness (QED) is 0.867. The van der Waals surface area contributed by atoms with Crippen LogP contribution in [0, 0.1) is 6.92 Å². The predicted octanol–water partition coefficient (Wildman–Crippen LogP) is 2.06. The number of aliphatic hydroxyl groups excluding tert-OH is 1. The molecule has 1 unspecified atom stereocenters. The fourth-order valence-corrected chi connectivity index (χ4v) is 1.90. The van der Waals surface area contributed by atoms with Crippen LogP contribution in [0.15, 0.2) is 36.7 Å². The highest BCUT2D eigenvalue weighted by molar-refractivity contribution is 5.49. The van der Waals surface area contributed by atoms with Crippen molar-refractivity contribution in [3.05, 3.63) is 53.3 Å². The number of ether oxygens (including phenoxy) is 1. The van der Waals surface area contributed by atoms with E-state index in [2.05, 4.69) is 4.98 Å². The van der Waals surface area contributed by atoms with E-state index in [9.17, 15) is 5.11 Å². The number of hydrogen-bond donors (Lipinski definition) is 2. The molecule has 0 spiro atoms. The Bertz CT molecular complexity index is 555. The Hall–Kier alpha value is -2.07. The number of nitrogens with zero attached hydrogens (tertiary/aromatic N) is 1. The van der Waals surface area contributed by atoms with Crippen LogP contribution in [-0.2, 0) is 0 Å². The molecule has 0 fully saturated rings. The molecule has 0 radical (unpaired) electrons. The standard InChI is InChI=1S/C14H16N2O2/c1-9-7-10(3-4-13(9)18-2)14(17)11-8-16-6-5-12(11)15/h3-8,14,17H,1-2H3,(H2,15,16). The lowest BCUT2D eigenvalue weighted by Crippen LogP contribution is -2.04. The van der Waals surface area contributed by atoms with Gasteiger partial charge in [-0.2, -0.15) is 0 Å². The summed E-state index contributed by atoms with van der Waals surface area (Å²) in [6.45, 7) is 1.93. The molecule has 94 valence electrons. The van der Waals surface area contributed by atoms with Gasteiger partial charge in [0.25, 0.3) is 0 Å². The van der Waals surface area contributed by atoms with Crippen molar-refractivity contribution in [2.75, 3.05) is 12.8 Å². The van der Waals surface area contributed by atoms with E-state index in [0.29, 0.717) is 11.3 Å². The fraction of sp³-hybridized carbons (Fsp3) is 0.214. The van der Waals surface area contributed by atoms with Crippen LogP contribution in [0.1, 0.15) is 22.8 Å². The number of rotatable bonds is 3. The minimum atomic E-state index is -0.775. The van der Waals surface area contributed by atoms with Crippen molar-refractivity contribution in [2.45, 2.75) is 13.0 Å². The van der Waals surface area contributed by atoms with E-state index >= 15 is 0 Å². The van der Waals surface area contributed by atoms with E-state index in [0.717, 1.165) is 16.9 Å². The molecule has 0 aliphatic rings. The Kier molecular flexibility index (Phi) is 3.48. The lowest BCUT2D eigenvalue weighted by molar-refractivity contribution is 0.220. The molecule has 0 aliphatic heterocycles. The highest BCUT2D eigenvalue weighted by Crippen LogP contribution is 2.28. The van der Waals surface area contributed by atoms with Gasteiger partial charge in [-0.15, -0.1) is 0 Å². The summed E-state index contributed by atoms with van der Waals surface area (Å²) >= 11 is 0. The van der Waals surface area contributed by atoms with Gasteiger partial charge in [-0.1, -0.05) is 6.07 Å². The van der Waals surface area contributed by atoms with Crippen LogP contribution in [0.2, 0.25) is 0 Å². The van der Waals surface area contributed by atoms with Gasteiger partial charge >= 0.3 is 0 Å². The smallest absolute Gasteiger partial charge is 0.121 e. The van der Waals surface area contributed by atoms with E-state index in [1.54, 1.807) is 25.6 Å². The van der Waals surface area contributed by atoms with Crippen LogP contribution in [0.25, 0.3) is 0 Å². The molecule has 1 atom stereocenters. The molecule has 1 aromatic carbocycles. The molecule has 18 heavy (non-hydrogen) atoms. The third-order valence-corrected chi connectivity index (χ3v) is 2.92. The first kappa shape index (κ1) is 12.4. The minimum absolute atomic E-state index is 0.533. The summed E-state index contributed by atoms with van der Waals surface area (Å²) in [5.41, 5.74) is 8.71. The molecule has 0 amide bonds. The topological polar surface area (TPSA) is 68.4 Å². The Balaban J connectivity index is 2.37. The maximum atomic E-state index is 10.3. The molecule has 0 aliphatic carbocycles. The van der Waals surface area contributed by atoms with Crippen LogP contribution in [-0.4, -0.2) is 17.2 Å². The molecule has 4 nitrogen and oxygen atoms in total. The van der Waals surface area contributed by atoms with Gasteiger partial charge in [0.2, 0.25) is 0 Å². The maximum absolute atomic E-state index is 10.3. The van der Waals surface area contributed by atoms with E-state index in [1.807, 2.05) is 25.1 Å². The van der Waals surface area contributed by atoms with Gasteiger partial charge in [0.1, 0.15) is 11.9 Å². The lowest BCUT2D eigenvalue weighted by Gasteiger charge is -2.15. The zero-order valence-electron chi connectivity index (χ0n) is 10.4. The summed E-state index contributed by atoms with van der Waals surface area (Å²) in [5.74, 6) is 0.796. The van der Waals surface area contributed by atoms with Gasteiger partial charge in [0.05, 0.1) is 7.11 Å². The molecule has 1 heterocycles. The number of benzene rings is 1. The van der Waals surface area contributed by atoms with E-state index in [-0.39, 0.29) is 0 Å². The SMILES string of the molecule is COc1ccc(C(O)c2cnccc2N)cc1C. The number of pyridine rings is 1. The molecule has 4 heteroatoms. The normalized spacial score (nSPS) is 12.2. The number of aromatic nitrogens is 1. The minimum Gasteiger partial charge on any atom is -0.496 e. The van der Waals surface area contributed by atoms with E-state index in [1.165, 1.54) is 0 Å². The molecule has 0 saturated heterocycles. The first-order valence-corrected chi connectivity index (χ1v) is 5.65. The summed E-state index contributed by atoms with van der Waals surface area (Å²) < 4.78 is 5.19. The average Bonchev–Trinajstić information content (AvgIpc) is 2.38. The van der Waals surface area contributed by atoms with Crippen LogP contribution < -0.4 is 10.5 Å². The number of methoxy groups -OCH3 is 1. The maximum Gasteiger partial charge on any atom is 0.121 e. The van der Waals surface area contributed by atoms with Gasteiger partial charge in [0, 0.05) is 23.6 Å². The number of aliphatic hydroxyl groups is 1. The van der Waals surface area contributed by atoms with E-state index in [4.69, 9.17) is 10.5 Å². The first-order chi connectivity index (χ1) is 8.63. The molecular weight excluding hydrogens is 228 g/mol. The van der Waals surface area contributed by atoms with Gasteiger partial charge < -0.3 is 15.6 Å². The second-order valence-corrected chi connectivity index (χ2v) is 4.14. The third-order valence-electron chi connectivity index (χ3n) is 2.92. The summed E-state index contributed by atoms with van der Waals surface area (Å²) in [5, 5.41) is 10.3. The monoisotopic (exact) mass is 244 g/mol. The van der Waals surface area contributed by atoms with Crippen molar-refractivity contribution < 1.29 is 9.84 Å². The molecule has 2 rings (SSSR count). The summed E-state index contributed by atoms with van der Waals surface area (Å²) in [6, 6.07) is 7.22. The Morgan fingerprint density at radius 1 is 1.33 bits per heavy atom. The van der Waals surface area contributed by atoms with Crippen molar-refractivity contribution in [3.8, 4) is 5.75 Å². The Morgan fingerprint density at radius 2 is 2.11 bits per heavy atom. The van der Waals surface area contributed by atoms with Crippen molar-refractivity contribution in [3.63, 3.8) is 0 Å². The Labute approximate surface area is 106 Å². The lowest BCUT2D eigenvalue weighted by atomic mass is 10.00. The predicted molar refractivity (Wildman–Crippen MR) is 70.4 cm³/mol. The molecular formula is C14H16N2O2. The summed E-state index contributed by atoms with van der Waals surface area (Å²) in [6.07, 6.45) is 2.41. The fourth-order valence-electron chi connectivity index (χ4n) is 1.90. The van der Waals surface area contributed by atoms with Crippen molar-refractivity contribution >= 4 is 5.69 Å². The molecule has 3 N–H and O–H groups in total. The zero-order valence-corrected chi connectivity index (χ0v) is 10.4. The van der Waals surface area contributed by atoms with Gasteiger partial charge in [0.15, 0.2) is 0 Å². The van der Waals surface area contributed by atoms with Crippen LogP contribution in [0.5, 0.6) is 5.75 Å². The van der Waals surface area contributed by atoms with Crippen molar-refractivity contribution in [1.82, 2.24) is 4.98 Å². The summed E-state index contributed by atoms with van der Waals surface area (Å²) in [7, 11) is 1.62. The van der Waals surface area contributed by atoms with Gasteiger partial charge in [-0.05, 0) is 36.2 Å². The number of hydrogen-bond acceptors (Lipinski definition) is 4.